The largest absolute Gasteiger partial charge is 0.376 e. The van der Waals surface area contributed by atoms with E-state index in [1.807, 2.05) is 12.3 Å². The van der Waals surface area contributed by atoms with E-state index in [4.69, 9.17) is 4.74 Å². The third kappa shape index (κ3) is 2.04. The summed E-state index contributed by atoms with van der Waals surface area (Å²) in [6, 6.07) is 4.47. The maximum Gasteiger partial charge on any atom is 0.126 e. The topological polar surface area (TPSA) is 34.2 Å². The number of rotatable bonds is 2. The smallest absolute Gasteiger partial charge is 0.126 e. The monoisotopic (exact) mass is 192 g/mol. The summed E-state index contributed by atoms with van der Waals surface area (Å²) >= 11 is 0. The number of ether oxygens (including phenoxy) is 1. The zero-order valence-electron chi connectivity index (χ0n) is 8.66. The molecule has 0 amide bonds. The van der Waals surface area contributed by atoms with Gasteiger partial charge in [-0.15, -0.1) is 0 Å². The average Bonchev–Trinajstić information content (AvgIpc) is 2.52. The van der Waals surface area contributed by atoms with Crippen molar-refractivity contribution in [3.05, 3.63) is 23.9 Å². The maximum absolute atomic E-state index is 5.48. The summed E-state index contributed by atoms with van der Waals surface area (Å²) in [6.45, 7) is 5.02. The van der Waals surface area contributed by atoms with Crippen LogP contribution >= 0.6 is 0 Å². The quantitative estimate of drug-likeness (QED) is 0.778. The number of anilines is 1. The molecule has 76 valence electrons. The van der Waals surface area contributed by atoms with Crippen LogP contribution in [0.5, 0.6) is 0 Å². The standard InChI is InChI=1S/C11H16N2O/c1-8-3-5-12-11(7-8)13-10-4-6-14-9(10)2/h3,5,7,9-10H,4,6H2,1-2H3,(H,12,13)/t9-,10-/m1/s1. The predicted octanol–water partition coefficient (Wildman–Crippen LogP) is 1.98. The highest BCUT2D eigenvalue weighted by atomic mass is 16.5. The Morgan fingerprint density at radius 3 is 3.07 bits per heavy atom. The van der Waals surface area contributed by atoms with Crippen LogP contribution < -0.4 is 5.32 Å². The summed E-state index contributed by atoms with van der Waals surface area (Å²) in [5.74, 6) is 0.951. The molecule has 1 aromatic heterocycles. The van der Waals surface area contributed by atoms with E-state index >= 15 is 0 Å². The van der Waals surface area contributed by atoms with Crippen LogP contribution in [0.2, 0.25) is 0 Å². The molecule has 2 atom stereocenters. The molecule has 0 spiro atoms. The van der Waals surface area contributed by atoms with Gasteiger partial charge in [0.25, 0.3) is 0 Å². The number of aryl methyl sites for hydroxylation is 1. The molecule has 3 nitrogen and oxygen atoms in total. The lowest BCUT2D eigenvalue weighted by Crippen LogP contribution is -2.27. The zero-order chi connectivity index (χ0) is 9.97. The van der Waals surface area contributed by atoms with Crippen molar-refractivity contribution in [1.82, 2.24) is 4.98 Å². The Kier molecular flexibility index (Phi) is 2.68. The van der Waals surface area contributed by atoms with Gasteiger partial charge in [-0.25, -0.2) is 4.98 Å². The minimum Gasteiger partial charge on any atom is -0.376 e. The Morgan fingerprint density at radius 1 is 1.57 bits per heavy atom. The second kappa shape index (κ2) is 3.96. The minimum atomic E-state index is 0.289. The summed E-state index contributed by atoms with van der Waals surface area (Å²) in [5, 5.41) is 3.40. The van der Waals surface area contributed by atoms with E-state index in [9.17, 15) is 0 Å². The van der Waals surface area contributed by atoms with Crippen molar-refractivity contribution in [1.29, 1.82) is 0 Å². The molecule has 1 aliphatic heterocycles. The van der Waals surface area contributed by atoms with E-state index < -0.39 is 0 Å². The van der Waals surface area contributed by atoms with Gasteiger partial charge in [0.1, 0.15) is 5.82 Å². The van der Waals surface area contributed by atoms with Gasteiger partial charge in [-0.2, -0.15) is 0 Å². The van der Waals surface area contributed by atoms with Crippen molar-refractivity contribution < 1.29 is 4.74 Å². The van der Waals surface area contributed by atoms with Crippen LogP contribution in [-0.2, 0) is 4.74 Å². The Bertz CT molecular complexity index is 314. The van der Waals surface area contributed by atoms with Crippen LogP contribution in [0.4, 0.5) is 5.82 Å². The molecule has 0 aromatic carbocycles. The van der Waals surface area contributed by atoms with Crippen LogP contribution in [0.1, 0.15) is 18.9 Å². The van der Waals surface area contributed by atoms with Crippen LogP contribution in [0.15, 0.2) is 18.3 Å². The summed E-state index contributed by atoms with van der Waals surface area (Å²) in [4.78, 5) is 4.27. The highest BCUT2D eigenvalue weighted by molar-refractivity contribution is 5.38. The molecule has 1 saturated heterocycles. The minimum absolute atomic E-state index is 0.289. The molecule has 0 aliphatic carbocycles. The molecule has 1 fully saturated rings. The van der Waals surface area contributed by atoms with Crippen LogP contribution in [-0.4, -0.2) is 23.7 Å². The SMILES string of the molecule is Cc1ccnc(N[C@@H]2CCO[C@@H]2C)c1. The molecule has 0 radical (unpaired) electrons. The number of pyridine rings is 1. The zero-order valence-corrected chi connectivity index (χ0v) is 8.66. The fourth-order valence-electron chi connectivity index (χ4n) is 1.73. The van der Waals surface area contributed by atoms with Gasteiger partial charge in [0.2, 0.25) is 0 Å². The van der Waals surface area contributed by atoms with Gasteiger partial charge in [-0.3, -0.25) is 0 Å². The van der Waals surface area contributed by atoms with E-state index in [1.54, 1.807) is 0 Å². The normalized spacial score (nSPS) is 26.4. The molecule has 0 unspecified atom stereocenters. The second-order valence-corrected chi connectivity index (χ2v) is 3.83. The van der Waals surface area contributed by atoms with Crippen LogP contribution in [0.25, 0.3) is 0 Å². The van der Waals surface area contributed by atoms with E-state index in [0.717, 1.165) is 18.8 Å². The lowest BCUT2D eigenvalue weighted by atomic mass is 10.1. The molecule has 1 N–H and O–H groups in total. The van der Waals surface area contributed by atoms with Gasteiger partial charge < -0.3 is 10.1 Å². The van der Waals surface area contributed by atoms with Gasteiger partial charge in [0.05, 0.1) is 12.1 Å². The molecule has 2 rings (SSSR count). The predicted molar refractivity (Wildman–Crippen MR) is 56.4 cm³/mol. The van der Waals surface area contributed by atoms with E-state index in [-0.39, 0.29) is 6.10 Å². The fourth-order valence-corrected chi connectivity index (χ4v) is 1.73. The van der Waals surface area contributed by atoms with Gasteiger partial charge >= 0.3 is 0 Å². The fraction of sp³-hybridized carbons (Fsp3) is 0.545. The molecule has 0 bridgehead atoms. The van der Waals surface area contributed by atoms with Gasteiger partial charge in [0, 0.05) is 12.8 Å². The van der Waals surface area contributed by atoms with Crippen molar-refractivity contribution in [3.8, 4) is 0 Å². The first-order valence-electron chi connectivity index (χ1n) is 5.06. The molecule has 0 saturated carbocycles. The van der Waals surface area contributed by atoms with Crippen LogP contribution in [0.3, 0.4) is 0 Å². The number of nitrogens with zero attached hydrogens (tertiary/aromatic N) is 1. The lowest BCUT2D eigenvalue weighted by Gasteiger charge is -2.16. The van der Waals surface area contributed by atoms with Crippen molar-refractivity contribution in [2.45, 2.75) is 32.4 Å². The van der Waals surface area contributed by atoms with E-state index in [1.165, 1.54) is 5.56 Å². The average molecular weight is 192 g/mol. The summed E-state index contributed by atoms with van der Waals surface area (Å²) in [6.07, 6.45) is 3.19. The van der Waals surface area contributed by atoms with Gasteiger partial charge in [0.15, 0.2) is 0 Å². The molecular formula is C11H16N2O. The maximum atomic E-state index is 5.48. The molecule has 2 heterocycles. The molecule has 1 aromatic rings. The van der Waals surface area contributed by atoms with Crippen molar-refractivity contribution in [2.24, 2.45) is 0 Å². The van der Waals surface area contributed by atoms with Crippen molar-refractivity contribution in [3.63, 3.8) is 0 Å². The summed E-state index contributed by atoms with van der Waals surface area (Å²) in [7, 11) is 0. The van der Waals surface area contributed by atoms with E-state index in [0.29, 0.717) is 6.04 Å². The number of aromatic nitrogens is 1. The third-order valence-corrected chi connectivity index (χ3v) is 2.62. The molecule has 1 aliphatic rings. The van der Waals surface area contributed by atoms with E-state index in [2.05, 4.69) is 30.2 Å². The summed E-state index contributed by atoms with van der Waals surface area (Å²) in [5.41, 5.74) is 1.23. The van der Waals surface area contributed by atoms with Crippen LogP contribution in [0, 0.1) is 6.92 Å². The summed E-state index contributed by atoms with van der Waals surface area (Å²) < 4.78 is 5.48. The number of nitrogens with one attached hydrogen (secondary N) is 1. The first-order valence-corrected chi connectivity index (χ1v) is 5.06. The van der Waals surface area contributed by atoms with Gasteiger partial charge in [-0.1, -0.05) is 0 Å². The molecule has 3 heteroatoms. The molecule has 14 heavy (non-hydrogen) atoms. The van der Waals surface area contributed by atoms with Gasteiger partial charge in [-0.05, 0) is 38.0 Å². The first-order chi connectivity index (χ1) is 6.75. The highest BCUT2D eigenvalue weighted by Gasteiger charge is 2.23. The Balaban J connectivity index is 2.03. The molecular weight excluding hydrogens is 176 g/mol. The first kappa shape index (κ1) is 9.46. The van der Waals surface area contributed by atoms with Crippen molar-refractivity contribution >= 4 is 5.82 Å². The lowest BCUT2D eigenvalue weighted by molar-refractivity contribution is 0.121. The number of hydrogen-bond donors (Lipinski definition) is 1. The Labute approximate surface area is 84.5 Å². The number of hydrogen-bond acceptors (Lipinski definition) is 3. The second-order valence-electron chi connectivity index (χ2n) is 3.83. The Morgan fingerprint density at radius 2 is 2.43 bits per heavy atom. The van der Waals surface area contributed by atoms with Crippen molar-refractivity contribution in [2.75, 3.05) is 11.9 Å². The third-order valence-electron chi connectivity index (χ3n) is 2.62. The highest BCUT2D eigenvalue weighted by Crippen LogP contribution is 2.17. The Hall–Kier alpha value is -1.09.